The summed E-state index contributed by atoms with van der Waals surface area (Å²) >= 11 is 0. The first-order valence-electron chi connectivity index (χ1n) is 6.11. The first-order valence-corrected chi connectivity index (χ1v) is 6.11. The highest BCUT2D eigenvalue weighted by atomic mass is 19.1. The molecule has 19 heavy (non-hydrogen) atoms. The summed E-state index contributed by atoms with van der Waals surface area (Å²) in [5.41, 5.74) is 0.433. The maximum Gasteiger partial charge on any atom is 0.246 e. The Morgan fingerprint density at radius 3 is 2.89 bits per heavy atom. The molecular weight excluding hydrogens is 251 g/mol. The van der Waals surface area contributed by atoms with Gasteiger partial charge in [0.15, 0.2) is 11.6 Å². The number of ether oxygens (including phenoxy) is 1. The second-order valence-corrected chi connectivity index (χ2v) is 4.12. The summed E-state index contributed by atoms with van der Waals surface area (Å²) in [7, 11) is 0. The van der Waals surface area contributed by atoms with Crippen LogP contribution in [0.15, 0.2) is 18.2 Å². The molecule has 1 aliphatic heterocycles. The largest absolute Gasteiger partial charge is 0.491 e. The molecule has 2 amide bonds. The number of anilines is 1. The average molecular weight is 266 g/mol. The van der Waals surface area contributed by atoms with Crippen LogP contribution in [0.25, 0.3) is 0 Å². The van der Waals surface area contributed by atoms with E-state index in [1.54, 1.807) is 13.0 Å². The fourth-order valence-corrected chi connectivity index (χ4v) is 1.90. The molecular formula is C13H15FN2O3. The third-order valence-electron chi connectivity index (χ3n) is 2.83. The van der Waals surface area contributed by atoms with Gasteiger partial charge in [0, 0.05) is 24.7 Å². The van der Waals surface area contributed by atoms with Crippen LogP contribution in [-0.2, 0) is 9.59 Å². The zero-order chi connectivity index (χ0) is 13.8. The van der Waals surface area contributed by atoms with E-state index in [2.05, 4.69) is 5.32 Å². The maximum absolute atomic E-state index is 13.8. The van der Waals surface area contributed by atoms with Crippen LogP contribution in [0.5, 0.6) is 5.75 Å². The molecule has 1 fully saturated rings. The third kappa shape index (κ3) is 3.01. The highest BCUT2D eigenvalue weighted by Crippen LogP contribution is 2.24. The third-order valence-corrected chi connectivity index (χ3v) is 2.83. The predicted octanol–water partition coefficient (Wildman–Crippen LogP) is 1.08. The smallest absolute Gasteiger partial charge is 0.246 e. The first-order chi connectivity index (χ1) is 9.11. The highest BCUT2D eigenvalue weighted by Gasteiger charge is 2.22. The summed E-state index contributed by atoms with van der Waals surface area (Å²) in [6, 6.07) is 4.35. The van der Waals surface area contributed by atoms with Crippen LogP contribution in [0.2, 0.25) is 0 Å². The Morgan fingerprint density at radius 1 is 1.42 bits per heavy atom. The van der Waals surface area contributed by atoms with E-state index in [1.165, 1.54) is 17.0 Å². The molecule has 1 aliphatic rings. The number of carbonyl (C=O) groups excluding carboxylic acids is 2. The minimum absolute atomic E-state index is 0.0618. The van der Waals surface area contributed by atoms with Gasteiger partial charge in [0.05, 0.1) is 13.2 Å². The van der Waals surface area contributed by atoms with E-state index in [0.717, 1.165) is 0 Å². The van der Waals surface area contributed by atoms with Crippen molar-refractivity contribution in [3.8, 4) is 5.75 Å². The predicted molar refractivity (Wildman–Crippen MR) is 67.5 cm³/mol. The minimum Gasteiger partial charge on any atom is -0.491 e. The Morgan fingerprint density at radius 2 is 2.21 bits per heavy atom. The Hall–Kier alpha value is -2.11. The number of nitrogens with zero attached hydrogens (tertiary/aromatic N) is 1. The van der Waals surface area contributed by atoms with Crippen LogP contribution in [0.1, 0.15) is 13.3 Å². The molecule has 0 atom stereocenters. The SMILES string of the molecule is CCOc1ccc(N2CCC(=O)NCC2=O)cc1F. The zero-order valence-electron chi connectivity index (χ0n) is 10.6. The molecule has 0 unspecified atom stereocenters. The summed E-state index contributed by atoms with van der Waals surface area (Å²) in [5, 5.41) is 2.49. The van der Waals surface area contributed by atoms with Crippen molar-refractivity contribution in [1.29, 1.82) is 0 Å². The molecule has 0 aliphatic carbocycles. The van der Waals surface area contributed by atoms with Gasteiger partial charge in [-0.05, 0) is 19.1 Å². The number of nitrogens with one attached hydrogen (secondary N) is 1. The molecule has 0 aromatic heterocycles. The Kier molecular flexibility index (Phi) is 3.99. The molecule has 2 rings (SSSR count). The molecule has 0 spiro atoms. The maximum atomic E-state index is 13.8. The van der Waals surface area contributed by atoms with Gasteiger partial charge in [0.2, 0.25) is 11.8 Å². The van der Waals surface area contributed by atoms with Crippen LogP contribution >= 0.6 is 0 Å². The molecule has 1 aromatic carbocycles. The van der Waals surface area contributed by atoms with E-state index < -0.39 is 5.82 Å². The van der Waals surface area contributed by atoms with Crippen molar-refractivity contribution < 1.29 is 18.7 Å². The normalized spacial score (nSPS) is 16.0. The van der Waals surface area contributed by atoms with Crippen LogP contribution in [0.4, 0.5) is 10.1 Å². The van der Waals surface area contributed by atoms with Gasteiger partial charge < -0.3 is 15.0 Å². The van der Waals surface area contributed by atoms with E-state index in [-0.39, 0.29) is 37.1 Å². The number of hydrogen-bond donors (Lipinski definition) is 1. The summed E-state index contributed by atoms with van der Waals surface area (Å²) in [5.74, 6) is -0.796. The van der Waals surface area contributed by atoms with Gasteiger partial charge in [-0.25, -0.2) is 4.39 Å². The van der Waals surface area contributed by atoms with Gasteiger partial charge in [-0.2, -0.15) is 0 Å². The van der Waals surface area contributed by atoms with E-state index >= 15 is 0 Å². The van der Waals surface area contributed by atoms with Crippen molar-refractivity contribution in [2.75, 3.05) is 24.6 Å². The van der Waals surface area contributed by atoms with Gasteiger partial charge >= 0.3 is 0 Å². The summed E-state index contributed by atoms with van der Waals surface area (Å²) in [6.07, 6.45) is 0.209. The molecule has 5 nitrogen and oxygen atoms in total. The van der Waals surface area contributed by atoms with E-state index in [0.29, 0.717) is 12.3 Å². The molecule has 0 radical (unpaired) electrons. The zero-order valence-corrected chi connectivity index (χ0v) is 10.6. The van der Waals surface area contributed by atoms with Gasteiger partial charge in [-0.3, -0.25) is 9.59 Å². The molecule has 0 saturated carbocycles. The molecule has 0 bridgehead atoms. The monoisotopic (exact) mass is 266 g/mol. The Labute approximate surface area is 110 Å². The van der Waals surface area contributed by atoms with Crippen LogP contribution in [-0.4, -0.2) is 31.5 Å². The fraction of sp³-hybridized carbons (Fsp3) is 0.385. The van der Waals surface area contributed by atoms with Crippen molar-refractivity contribution in [1.82, 2.24) is 5.32 Å². The number of amides is 2. The molecule has 1 saturated heterocycles. The number of rotatable bonds is 3. The van der Waals surface area contributed by atoms with Gasteiger partial charge in [-0.15, -0.1) is 0 Å². The van der Waals surface area contributed by atoms with Crippen molar-refractivity contribution >= 4 is 17.5 Å². The standard InChI is InChI=1S/C13H15FN2O3/c1-2-19-11-4-3-9(7-10(11)14)16-6-5-12(17)15-8-13(16)18/h3-4,7H,2,5-6,8H2,1H3,(H,15,17). The fourth-order valence-electron chi connectivity index (χ4n) is 1.90. The molecule has 1 N–H and O–H groups in total. The van der Waals surface area contributed by atoms with Crippen LogP contribution in [0, 0.1) is 5.82 Å². The molecule has 102 valence electrons. The first kappa shape index (κ1) is 13.3. The lowest BCUT2D eigenvalue weighted by molar-refractivity contribution is -0.123. The lowest BCUT2D eigenvalue weighted by Crippen LogP contribution is -2.35. The second kappa shape index (κ2) is 5.69. The summed E-state index contributed by atoms with van der Waals surface area (Å²) < 4.78 is 18.9. The number of carbonyl (C=O) groups is 2. The highest BCUT2D eigenvalue weighted by molar-refractivity contribution is 5.98. The minimum atomic E-state index is -0.518. The van der Waals surface area contributed by atoms with E-state index in [9.17, 15) is 14.0 Å². The quantitative estimate of drug-likeness (QED) is 0.890. The Bertz CT molecular complexity index is 505. The van der Waals surface area contributed by atoms with Crippen molar-refractivity contribution in [3.63, 3.8) is 0 Å². The Balaban J connectivity index is 2.23. The van der Waals surface area contributed by atoms with Crippen molar-refractivity contribution in [3.05, 3.63) is 24.0 Å². The number of benzene rings is 1. The van der Waals surface area contributed by atoms with Gasteiger partial charge in [-0.1, -0.05) is 0 Å². The number of hydrogen-bond acceptors (Lipinski definition) is 3. The van der Waals surface area contributed by atoms with Crippen molar-refractivity contribution in [2.45, 2.75) is 13.3 Å². The molecule has 6 heteroatoms. The number of halogens is 1. The summed E-state index contributed by atoms with van der Waals surface area (Å²) in [6.45, 7) is 2.33. The van der Waals surface area contributed by atoms with Crippen LogP contribution in [0.3, 0.4) is 0 Å². The van der Waals surface area contributed by atoms with E-state index in [4.69, 9.17) is 4.74 Å². The van der Waals surface area contributed by atoms with Crippen molar-refractivity contribution in [2.24, 2.45) is 0 Å². The summed E-state index contributed by atoms with van der Waals surface area (Å²) in [4.78, 5) is 24.5. The topological polar surface area (TPSA) is 58.6 Å². The lowest BCUT2D eigenvalue weighted by Gasteiger charge is -2.20. The van der Waals surface area contributed by atoms with Crippen LogP contribution < -0.4 is 15.0 Å². The second-order valence-electron chi connectivity index (χ2n) is 4.12. The van der Waals surface area contributed by atoms with Gasteiger partial charge in [0.25, 0.3) is 0 Å². The lowest BCUT2D eigenvalue weighted by atomic mass is 10.2. The van der Waals surface area contributed by atoms with Gasteiger partial charge in [0.1, 0.15) is 0 Å². The average Bonchev–Trinajstić information content (AvgIpc) is 2.55. The molecule has 1 aromatic rings. The molecule has 1 heterocycles. The van der Waals surface area contributed by atoms with E-state index in [1.807, 2.05) is 0 Å².